The fraction of sp³-hybridized carbons (Fsp3) is 0.500. The second-order valence-electron chi connectivity index (χ2n) is 2.56. The van der Waals surface area contributed by atoms with E-state index in [9.17, 15) is 4.79 Å². The molecular weight excluding hydrogens is 188 g/mol. The Bertz CT molecular complexity index is 249. The van der Waals surface area contributed by atoms with Crippen LogP contribution in [0, 0.1) is 0 Å². The Kier molecular flexibility index (Phi) is 4.39. The molecule has 0 aliphatic rings. The summed E-state index contributed by atoms with van der Waals surface area (Å²) in [6, 6.07) is 0. The average molecular weight is 200 g/mol. The van der Waals surface area contributed by atoms with Crippen LogP contribution in [0.1, 0.15) is 18.5 Å². The molecule has 0 spiro atoms. The van der Waals surface area contributed by atoms with Crippen molar-refractivity contribution in [3.8, 4) is 0 Å². The summed E-state index contributed by atoms with van der Waals surface area (Å²) in [5.41, 5.74) is 0.805. The van der Waals surface area contributed by atoms with E-state index in [0.717, 1.165) is 12.1 Å². The monoisotopic (exact) mass is 200 g/mol. The molecule has 4 nitrogen and oxygen atoms in total. The third-order valence-electron chi connectivity index (χ3n) is 1.48. The molecule has 72 valence electrons. The molecule has 5 heteroatoms. The van der Waals surface area contributed by atoms with Gasteiger partial charge in [0.15, 0.2) is 0 Å². The van der Waals surface area contributed by atoms with Gasteiger partial charge in [-0.05, 0) is 12.2 Å². The molecule has 0 aromatic carbocycles. The first-order valence-electron chi connectivity index (χ1n) is 4.06. The van der Waals surface area contributed by atoms with Crippen LogP contribution in [-0.4, -0.2) is 21.7 Å². The van der Waals surface area contributed by atoms with E-state index in [0.29, 0.717) is 12.2 Å². The number of carbonyl (C=O) groups excluding carboxylic acids is 1. The Balaban J connectivity index is 2.15. The van der Waals surface area contributed by atoms with Crippen molar-refractivity contribution in [1.82, 2.24) is 9.97 Å². The van der Waals surface area contributed by atoms with Crippen molar-refractivity contribution >= 4 is 18.6 Å². The predicted molar refractivity (Wildman–Crippen MR) is 51.5 cm³/mol. The molecule has 0 radical (unpaired) electrons. The number of carbonyl (C=O) groups is 1. The second-order valence-corrected chi connectivity index (χ2v) is 3.01. The summed E-state index contributed by atoms with van der Waals surface area (Å²) in [5, 5.41) is 0. The van der Waals surface area contributed by atoms with Gasteiger partial charge in [0.05, 0.1) is 18.2 Å². The fourth-order valence-electron chi connectivity index (χ4n) is 0.817. The smallest absolute Gasteiger partial charge is 0.306 e. The minimum absolute atomic E-state index is 0.191. The maximum Gasteiger partial charge on any atom is 0.306 e. The number of esters is 1. The van der Waals surface area contributed by atoms with Gasteiger partial charge < -0.3 is 9.72 Å². The molecule has 1 rings (SSSR count). The number of thiol groups is 1. The van der Waals surface area contributed by atoms with Gasteiger partial charge in [-0.25, -0.2) is 4.98 Å². The zero-order valence-corrected chi connectivity index (χ0v) is 8.09. The fourth-order valence-corrected chi connectivity index (χ4v) is 0.976. The Morgan fingerprint density at radius 2 is 2.54 bits per heavy atom. The van der Waals surface area contributed by atoms with Crippen LogP contribution in [0.3, 0.4) is 0 Å². The summed E-state index contributed by atoms with van der Waals surface area (Å²) >= 11 is 4.00. The first-order chi connectivity index (χ1) is 6.33. The van der Waals surface area contributed by atoms with Gasteiger partial charge in [-0.3, -0.25) is 4.79 Å². The summed E-state index contributed by atoms with van der Waals surface area (Å²) in [4.78, 5) is 17.7. The van der Waals surface area contributed by atoms with Crippen molar-refractivity contribution < 1.29 is 9.53 Å². The van der Waals surface area contributed by atoms with Crippen LogP contribution >= 0.6 is 12.6 Å². The highest BCUT2D eigenvalue weighted by molar-refractivity contribution is 7.80. The van der Waals surface area contributed by atoms with Gasteiger partial charge in [0.2, 0.25) is 0 Å². The lowest BCUT2D eigenvalue weighted by Gasteiger charge is -2.01. The molecule has 0 fully saturated rings. The number of aromatic nitrogens is 2. The number of hydrogen-bond acceptors (Lipinski definition) is 4. The summed E-state index contributed by atoms with van der Waals surface area (Å²) < 4.78 is 4.94. The predicted octanol–water partition coefficient (Wildman–Crippen LogP) is 1.16. The maximum atomic E-state index is 11.0. The van der Waals surface area contributed by atoms with E-state index >= 15 is 0 Å². The van der Waals surface area contributed by atoms with Gasteiger partial charge in [-0.2, -0.15) is 12.6 Å². The van der Waals surface area contributed by atoms with Crippen LogP contribution < -0.4 is 0 Å². The van der Waals surface area contributed by atoms with Crippen molar-refractivity contribution in [2.45, 2.75) is 19.4 Å². The van der Waals surface area contributed by atoms with Crippen LogP contribution in [0.4, 0.5) is 0 Å². The molecule has 0 unspecified atom stereocenters. The number of rotatable bonds is 5. The molecule has 0 atom stereocenters. The number of hydrogen-bond donors (Lipinski definition) is 2. The topological polar surface area (TPSA) is 55.0 Å². The summed E-state index contributed by atoms with van der Waals surface area (Å²) in [7, 11) is 0. The number of imidazole rings is 1. The molecule has 1 heterocycles. The third-order valence-corrected chi connectivity index (χ3v) is 1.80. The molecule has 0 aliphatic carbocycles. The molecule has 0 bridgehead atoms. The first-order valence-corrected chi connectivity index (χ1v) is 4.70. The SMILES string of the molecule is O=C(CCCS)OCc1cnc[nH]1. The largest absolute Gasteiger partial charge is 0.459 e. The molecular formula is C8H12N2O2S. The second kappa shape index (κ2) is 5.64. The van der Waals surface area contributed by atoms with Gasteiger partial charge >= 0.3 is 5.97 Å². The lowest BCUT2D eigenvalue weighted by atomic mass is 10.3. The lowest BCUT2D eigenvalue weighted by Crippen LogP contribution is -2.04. The molecule has 0 saturated carbocycles. The highest BCUT2D eigenvalue weighted by Crippen LogP contribution is 1.99. The summed E-state index contributed by atoms with van der Waals surface area (Å²) in [5.74, 6) is 0.516. The van der Waals surface area contributed by atoms with Gasteiger partial charge in [0, 0.05) is 6.42 Å². The molecule has 0 amide bonds. The van der Waals surface area contributed by atoms with Gasteiger partial charge in [-0.15, -0.1) is 0 Å². The van der Waals surface area contributed by atoms with E-state index in [4.69, 9.17) is 4.74 Å². The number of nitrogens with zero attached hydrogens (tertiary/aromatic N) is 1. The summed E-state index contributed by atoms with van der Waals surface area (Å²) in [6.45, 7) is 0.269. The van der Waals surface area contributed by atoms with Crippen molar-refractivity contribution in [1.29, 1.82) is 0 Å². The molecule has 1 N–H and O–H groups in total. The number of H-pyrrole nitrogens is 1. The van der Waals surface area contributed by atoms with Crippen LogP contribution in [0.15, 0.2) is 12.5 Å². The quantitative estimate of drug-likeness (QED) is 0.554. The standard InChI is InChI=1S/C8H12N2O2S/c11-8(2-1-3-13)12-5-7-4-9-6-10-7/h4,6,13H,1-3,5H2,(H,9,10). The van der Waals surface area contributed by atoms with Gasteiger partial charge in [0.25, 0.3) is 0 Å². The molecule has 1 aromatic heterocycles. The molecule has 0 aliphatic heterocycles. The normalized spacial score (nSPS) is 9.92. The van der Waals surface area contributed by atoms with E-state index in [1.807, 2.05) is 0 Å². The highest BCUT2D eigenvalue weighted by Gasteiger charge is 2.02. The van der Waals surface area contributed by atoms with E-state index in [-0.39, 0.29) is 12.6 Å². The number of nitrogens with one attached hydrogen (secondary N) is 1. The number of ether oxygens (including phenoxy) is 1. The van der Waals surface area contributed by atoms with E-state index in [1.54, 1.807) is 12.5 Å². The van der Waals surface area contributed by atoms with Crippen molar-refractivity contribution in [3.63, 3.8) is 0 Å². The van der Waals surface area contributed by atoms with E-state index < -0.39 is 0 Å². The van der Waals surface area contributed by atoms with Crippen molar-refractivity contribution in [3.05, 3.63) is 18.2 Å². The minimum atomic E-state index is -0.191. The first kappa shape index (κ1) is 10.1. The Morgan fingerprint density at radius 1 is 1.69 bits per heavy atom. The van der Waals surface area contributed by atoms with E-state index in [1.165, 1.54) is 0 Å². The molecule has 13 heavy (non-hydrogen) atoms. The molecule has 0 saturated heterocycles. The summed E-state index contributed by atoms with van der Waals surface area (Å²) in [6.07, 6.45) is 4.37. The van der Waals surface area contributed by atoms with Crippen LogP contribution in [0.5, 0.6) is 0 Å². The lowest BCUT2D eigenvalue weighted by molar-refractivity contribution is -0.145. The van der Waals surface area contributed by atoms with Crippen molar-refractivity contribution in [2.24, 2.45) is 0 Å². The van der Waals surface area contributed by atoms with Gasteiger partial charge in [0.1, 0.15) is 6.61 Å². The van der Waals surface area contributed by atoms with Crippen LogP contribution in [0.25, 0.3) is 0 Å². The van der Waals surface area contributed by atoms with Gasteiger partial charge in [-0.1, -0.05) is 0 Å². The zero-order valence-electron chi connectivity index (χ0n) is 7.19. The highest BCUT2D eigenvalue weighted by atomic mass is 32.1. The average Bonchev–Trinajstić information content (AvgIpc) is 2.64. The zero-order chi connectivity index (χ0) is 9.52. The number of aromatic amines is 1. The Labute approximate surface area is 82.1 Å². The third kappa shape index (κ3) is 3.98. The molecule has 1 aromatic rings. The Hall–Kier alpha value is -0.970. The minimum Gasteiger partial charge on any atom is -0.459 e. The Morgan fingerprint density at radius 3 is 3.15 bits per heavy atom. The van der Waals surface area contributed by atoms with Crippen LogP contribution in [0.2, 0.25) is 0 Å². The van der Waals surface area contributed by atoms with Crippen molar-refractivity contribution in [2.75, 3.05) is 5.75 Å². The maximum absolute atomic E-state index is 11.0. The van der Waals surface area contributed by atoms with Crippen LogP contribution in [-0.2, 0) is 16.1 Å². The van der Waals surface area contributed by atoms with E-state index in [2.05, 4.69) is 22.6 Å².